The minimum Gasteiger partial charge on any atom is 0 e. The summed E-state index contributed by atoms with van der Waals surface area (Å²) in [5.41, 5.74) is 0. The van der Waals surface area contributed by atoms with Crippen LogP contribution in [0.5, 0.6) is 0 Å². The van der Waals surface area contributed by atoms with Crippen LogP contribution in [-0.4, -0.2) is 60.8 Å². The zero-order valence-corrected chi connectivity index (χ0v) is 5.23. The van der Waals surface area contributed by atoms with Gasteiger partial charge in [0.15, 0.2) is 0 Å². The molecule has 0 spiro atoms. The molecule has 0 aliphatic rings. The van der Waals surface area contributed by atoms with Gasteiger partial charge in [-0.2, -0.15) is 0 Å². The van der Waals surface area contributed by atoms with E-state index in [1.54, 1.807) is 0 Å². The van der Waals surface area contributed by atoms with Crippen LogP contribution >= 0.6 is 0 Å². The van der Waals surface area contributed by atoms with Gasteiger partial charge in [0.05, 0.1) is 0 Å². The van der Waals surface area contributed by atoms with Crippen LogP contribution in [0.15, 0.2) is 0 Å². The van der Waals surface area contributed by atoms with Crippen molar-refractivity contribution in [2.75, 3.05) is 0 Å². The first-order valence-corrected chi connectivity index (χ1v) is 0. The van der Waals surface area contributed by atoms with E-state index in [-0.39, 0.29) is 97.3 Å². The summed E-state index contributed by atoms with van der Waals surface area (Å²) < 4.78 is 0. The smallest absolute Gasteiger partial charge is 0 e. The molecular formula is H4CaMgMnZn. The van der Waals surface area contributed by atoms with Crippen molar-refractivity contribution < 1.29 is 36.5 Å². The molecule has 0 heterocycles. The molecule has 0 aromatic rings. The van der Waals surface area contributed by atoms with Gasteiger partial charge in [0.2, 0.25) is 0 Å². The average molecular weight is 189 g/mol. The van der Waals surface area contributed by atoms with Gasteiger partial charge in [0, 0.05) is 36.5 Å². The molecule has 0 atom stereocenters. The fraction of sp³-hybridized carbons (Fsp3) is 0. The third-order valence-corrected chi connectivity index (χ3v) is 0. The van der Waals surface area contributed by atoms with Crippen molar-refractivity contribution in [3.8, 4) is 0 Å². The molecule has 0 rings (SSSR count). The Morgan fingerprint density at radius 3 is 1.00 bits per heavy atom. The van der Waals surface area contributed by atoms with Gasteiger partial charge in [-0.1, -0.05) is 0 Å². The van der Waals surface area contributed by atoms with E-state index in [1.165, 1.54) is 0 Å². The minimum absolute atomic E-state index is 0. The second-order valence-electron chi connectivity index (χ2n) is 0. The maximum Gasteiger partial charge on any atom is 0.316 e. The molecule has 0 aromatic carbocycles. The quantitative estimate of drug-likeness (QED) is 0.393. The first-order valence-electron chi connectivity index (χ1n) is 0. The molecule has 17 valence electrons. The third-order valence-electron chi connectivity index (χ3n) is 0. The summed E-state index contributed by atoms with van der Waals surface area (Å²) in [5, 5.41) is 0. The molecule has 4 heteroatoms. The molecule has 0 N–H and O–H groups in total. The Morgan fingerprint density at radius 2 is 1.00 bits per heavy atom. The summed E-state index contributed by atoms with van der Waals surface area (Å²) in [4.78, 5) is 0. The Labute approximate surface area is 95.2 Å². The van der Waals surface area contributed by atoms with Crippen LogP contribution in [0.25, 0.3) is 0 Å². The van der Waals surface area contributed by atoms with E-state index in [0.29, 0.717) is 0 Å². The van der Waals surface area contributed by atoms with E-state index < -0.39 is 0 Å². The maximum absolute atomic E-state index is 0. The van der Waals surface area contributed by atoms with Crippen molar-refractivity contribution in [2.24, 2.45) is 0 Å². The molecule has 0 bridgehead atoms. The average Bonchev–Trinajstić information content (AvgIpc) is 0. The van der Waals surface area contributed by atoms with Crippen molar-refractivity contribution in [2.45, 2.75) is 0 Å². The van der Waals surface area contributed by atoms with Gasteiger partial charge in [-0.25, -0.2) is 0 Å². The molecule has 0 nitrogen and oxygen atoms in total. The third kappa shape index (κ3) is 8.95. The van der Waals surface area contributed by atoms with Crippen LogP contribution < -0.4 is 0 Å². The van der Waals surface area contributed by atoms with Crippen LogP contribution in [0.3, 0.4) is 0 Å². The zero-order chi connectivity index (χ0) is 0. The molecule has 1 radical (unpaired) electrons. The second kappa shape index (κ2) is 16.4. The molecule has 0 aliphatic heterocycles. The largest absolute Gasteiger partial charge is 0.316 e. The zero-order valence-electron chi connectivity index (χ0n) is 1.09. The first-order chi connectivity index (χ1) is 0. The van der Waals surface area contributed by atoms with Gasteiger partial charge >= 0.3 is 60.8 Å². The van der Waals surface area contributed by atoms with Crippen LogP contribution in [0.1, 0.15) is 0 Å². The van der Waals surface area contributed by atoms with E-state index in [1.807, 2.05) is 0 Å². The molecule has 0 aliphatic carbocycles. The number of hydrogen-bond donors (Lipinski definition) is 0. The summed E-state index contributed by atoms with van der Waals surface area (Å²) in [6, 6.07) is 0. The fourth-order valence-corrected chi connectivity index (χ4v) is 0. The van der Waals surface area contributed by atoms with Crippen LogP contribution in [-0.2, 0) is 36.5 Å². The van der Waals surface area contributed by atoms with Gasteiger partial charge in [-0.15, -0.1) is 0 Å². The molecule has 0 unspecified atom stereocenters. The first kappa shape index (κ1) is 27.2. The van der Waals surface area contributed by atoms with Gasteiger partial charge in [0.1, 0.15) is 0 Å². The summed E-state index contributed by atoms with van der Waals surface area (Å²) in [7, 11) is 0. The summed E-state index contributed by atoms with van der Waals surface area (Å²) >= 11 is 0. The number of hydrogen-bond acceptors (Lipinski definition) is 0. The van der Waals surface area contributed by atoms with Crippen molar-refractivity contribution in [1.82, 2.24) is 0 Å². The Balaban J connectivity index is 0. The second-order valence-corrected chi connectivity index (χ2v) is 0. The molecule has 0 amide bonds. The van der Waals surface area contributed by atoms with Crippen molar-refractivity contribution in [3.05, 3.63) is 0 Å². The predicted molar refractivity (Wildman–Crippen MR) is 17.1 cm³/mol. The fourth-order valence-electron chi connectivity index (χ4n) is 0. The Kier molecular flexibility index (Phi) is 111. The summed E-state index contributed by atoms with van der Waals surface area (Å²) in [5.74, 6) is 0. The van der Waals surface area contributed by atoms with E-state index in [9.17, 15) is 0 Å². The monoisotopic (exact) mass is 187 g/mol. The van der Waals surface area contributed by atoms with Gasteiger partial charge in [0.25, 0.3) is 0 Å². The maximum atomic E-state index is 0. The molecular weight excluding hydrogens is 185 g/mol. The van der Waals surface area contributed by atoms with E-state index in [4.69, 9.17) is 0 Å². The predicted octanol–water partition coefficient (Wildman–Crippen LogP) is -1.84. The normalized spacial score (nSPS) is 0. The van der Waals surface area contributed by atoms with Crippen LogP contribution in [0.4, 0.5) is 0 Å². The SMILES string of the molecule is [CaH2].[MgH2].[Mn].[Zn]. The van der Waals surface area contributed by atoms with Gasteiger partial charge in [-0.3, -0.25) is 0 Å². The summed E-state index contributed by atoms with van der Waals surface area (Å²) in [6.45, 7) is 0. The topological polar surface area (TPSA) is 0 Å². The van der Waals surface area contributed by atoms with Crippen LogP contribution in [0, 0.1) is 0 Å². The molecule has 0 saturated carbocycles. The Hall–Kier alpha value is 3.17. The minimum atomic E-state index is 0. The molecule has 0 aromatic heterocycles. The van der Waals surface area contributed by atoms with E-state index in [0.717, 1.165) is 0 Å². The van der Waals surface area contributed by atoms with Crippen molar-refractivity contribution in [3.63, 3.8) is 0 Å². The van der Waals surface area contributed by atoms with Crippen molar-refractivity contribution >= 4 is 60.8 Å². The Bertz CT molecular complexity index is 8.00. The molecule has 0 fully saturated rings. The molecule has 4 heavy (non-hydrogen) atoms. The summed E-state index contributed by atoms with van der Waals surface area (Å²) in [6.07, 6.45) is 0. The van der Waals surface area contributed by atoms with Gasteiger partial charge < -0.3 is 0 Å². The number of rotatable bonds is 0. The Morgan fingerprint density at radius 1 is 1.00 bits per heavy atom. The van der Waals surface area contributed by atoms with E-state index in [2.05, 4.69) is 0 Å². The van der Waals surface area contributed by atoms with Crippen molar-refractivity contribution in [1.29, 1.82) is 0 Å². The van der Waals surface area contributed by atoms with E-state index >= 15 is 0 Å². The van der Waals surface area contributed by atoms with Gasteiger partial charge in [-0.05, 0) is 0 Å². The van der Waals surface area contributed by atoms with Crippen LogP contribution in [0.2, 0.25) is 0 Å². The molecule has 0 saturated heterocycles. The standard InChI is InChI=1S/Ca.Mg.Mn.Zn.4H.